The average Bonchev–Trinajstić information content (AvgIpc) is 2.64. The Morgan fingerprint density at radius 3 is 2.93 bits per heavy atom. The highest BCUT2D eigenvalue weighted by Crippen LogP contribution is 2.02. The van der Waals surface area contributed by atoms with E-state index in [1.807, 2.05) is 4.68 Å². The Bertz CT molecular complexity index is 283. The molecule has 0 saturated carbocycles. The summed E-state index contributed by atoms with van der Waals surface area (Å²) in [6.45, 7) is 7.65. The molecule has 15 heavy (non-hydrogen) atoms. The fourth-order valence-electron chi connectivity index (χ4n) is 1.59. The summed E-state index contributed by atoms with van der Waals surface area (Å²) in [5.41, 5.74) is 5.59. The lowest BCUT2D eigenvalue weighted by Gasteiger charge is -2.19. The molecule has 0 spiro atoms. The van der Waals surface area contributed by atoms with Gasteiger partial charge in [0.2, 0.25) is 0 Å². The van der Waals surface area contributed by atoms with Crippen LogP contribution in [0.4, 0.5) is 0 Å². The van der Waals surface area contributed by atoms with Crippen molar-refractivity contribution in [3.05, 3.63) is 12.2 Å². The molecule has 5 nitrogen and oxygen atoms in total. The summed E-state index contributed by atoms with van der Waals surface area (Å²) >= 11 is 0. The van der Waals surface area contributed by atoms with Gasteiger partial charge in [0.25, 0.3) is 0 Å². The Morgan fingerprint density at radius 1 is 1.60 bits per heavy atom. The quantitative estimate of drug-likeness (QED) is 0.736. The van der Waals surface area contributed by atoms with Crippen LogP contribution in [0.15, 0.2) is 6.33 Å². The van der Waals surface area contributed by atoms with E-state index in [0.717, 1.165) is 32.0 Å². The molecule has 1 rings (SSSR count). The van der Waals surface area contributed by atoms with Crippen LogP contribution in [-0.4, -0.2) is 39.8 Å². The van der Waals surface area contributed by atoms with Crippen LogP contribution in [0.2, 0.25) is 0 Å². The molecule has 1 heterocycles. The van der Waals surface area contributed by atoms with Crippen molar-refractivity contribution >= 4 is 0 Å². The van der Waals surface area contributed by atoms with Crippen LogP contribution >= 0.6 is 0 Å². The lowest BCUT2D eigenvalue weighted by Crippen LogP contribution is -2.29. The molecule has 0 aliphatic rings. The number of nitrogens with zero attached hydrogens (tertiary/aromatic N) is 4. The summed E-state index contributed by atoms with van der Waals surface area (Å²) in [7, 11) is 2.08. The number of aromatic nitrogens is 3. The van der Waals surface area contributed by atoms with Gasteiger partial charge in [-0.3, -0.25) is 4.90 Å². The minimum atomic E-state index is 0.521. The highest BCUT2D eigenvalue weighted by atomic mass is 15.3. The van der Waals surface area contributed by atoms with Gasteiger partial charge < -0.3 is 5.73 Å². The van der Waals surface area contributed by atoms with Crippen molar-refractivity contribution in [1.29, 1.82) is 0 Å². The molecule has 0 saturated heterocycles. The summed E-state index contributed by atoms with van der Waals surface area (Å²) in [5, 5.41) is 4.14. The van der Waals surface area contributed by atoms with E-state index in [1.165, 1.54) is 0 Å². The van der Waals surface area contributed by atoms with Crippen LogP contribution in [-0.2, 0) is 13.1 Å². The molecule has 0 aliphatic carbocycles. The molecular formula is C10H21N5. The molecule has 1 aromatic heterocycles. The molecule has 0 aliphatic heterocycles. The fraction of sp³-hybridized carbons (Fsp3) is 0.800. The average molecular weight is 211 g/mol. The summed E-state index contributed by atoms with van der Waals surface area (Å²) in [6.07, 6.45) is 1.61. The van der Waals surface area contributed by atoms with Crippen molar-refractivity contribution < 1.29 is 0 Å². The number of rotatable bonds is 6. The van der Waals surface area contributed by atoms with Gasteiger partial charge in [-0.1, -0.05) is 6.92 Å². The van der Waals surface area contributed by atoms with Gasteiger partial charge in [-0.05, 0) is 26.4 Å². The Balaban J connectivity index is 2.47. The number of aryl methyl sites for hydroxylation is 1. The first-order valence-electron chi connectivity index (χ1n) is 5.42. The van der Waals surface area contributed by atoms with Gasteiger partial charge in [0.1, 0.15) is 12.2 Å². The van der Waals surface area contributed by atoms with Crippen molar-refractivity contribution in [3.8, 4) is 0 Å². The Labute approximate surface area is 91.3 Å². The zero-order valence-corrected chi connectivity index (χ0v) is 9.85. The molecular weight excluding hydrogens is 190 g/mol. The SMILES string of the molecule is CCn1ncnc1CN(C)CC(C)CN. The minimum Gasteiger partial charge on any atom is -0.330 e. The van der Waals surface area contributed by atoms with E-state index in [-0.39, 0.29) is 0 Å². The molecule has 1 aromatic rings. The molecule has 2 N–H and O–H groups in total. The van der Waals surface area contributed by atoms with Gasteiger partial charge in [-0.15, -0.1) is 0 Å². The van der Waals surface area contributed by atoms with Gasteiger partial charge >= 0.3 is 0 Å². The van der Waals surface area contributed by atoms with Gasteiger partial charge in [0, 0.05) is 13.1 Å². The lowest BCUT2D eigenvalue weighted by molar-refractivity contribution is 0.270. The summed E-state index contributed by atoms with van der Waals surface area (Å²) in [6, 6.07) is 0. The smallest absolute Gasteiger partial charge is 0.140 e. The second-order valence-electron chi connectivity index (χ2n) is 4.03. The van der Waals surface area contributed by atoms with E-state index in [9.17, 15) is 0 Å². The van der Waals surface area contributed by atoms with Gasteiger partial charge in [0.05, 0.1) is 6.54 Å². The van der Waals surface area contributed by atoms with Crippen molar-refractivity contribution in [1.82, 2.24) is 19.7 Å². The third-order valence-corrected chi connectivity index (χ3v) is 2.43. The zero-order valence-electron chi connectivity index (χ0n) is 9.85. The maximum Gasteiger partial charge on any atom is 0.140 e. The third-order valence-electron chi connectivity index (χ3n) is 2.43. The maximum atomic E-state index is 5.59. The van der Waals surface area contributed by atoms with Crippen LogP contribution in [0.5, 0.6) is 0 Å². The molecule has 5 heteroatoms. The predicted octanol–water partition coefficient (Wildman–Crippen LogP) is 0.325. The number of hydrogen-bond acceptors (Lipinski definition) is 4. The van der Waals surface area contributed by atoms with Gasteiger partial charge in [-0.25, -0.2) is 9.67 Å². The largest absolute Gasteiger partial charge is 0.330 e. The maximum absolute atomic E-state index is 5.59. The zero-order chi connectivity index (χ0) is 11.3. The molecule has 0 radical (unpaired) electrons. The van der Waals surface area contributed by atoms with E-state index in [0.29, 0.717) is 5.92 Å². The second kappa shape index (κ2) is 5.82. The highest BCUT2D eigenvalue weighted by molar-refractivity contribution is 4.84. The highest BCUT2D eigenvalue weighted by Gasteiger charge is 2.09. The molecule has 86 valence electrons. The first-order chi connectivity index (χ1) is 7.17. The summed E-state index contributed by atoms with van der Waals surface area (Å²) < 4.78 is 1.92. The van der Waals surface area contributed by atoms with E-state index in [2.05, 4.69) is 35.9 Å². The van der Waals surface area contributed by atoms with E-state index >= 15 is 0 Å². The normalized spacial score (nSPS) is 13.4. The fourth-order valence-corrected chi connectivity index (χ4v) is 1.59. The number of hydrogen-bond donors (Lipinski definition) is 1. The van der Waals surface area contributed by atoms with E-state index in [1.54, 1.807) is 6.33 Å². The van der Waals surface area contributed by atoms with Gasteiger partial charge in [0.15, 0.2) is 0 Å². The molecule has 1 unspecified atom stereocenters. The van der Waals surface area contributed by atoms with Crippen molar-refractivity contribution in [2.24, 2.45) is 11.7 Å². The van der Waals surface area contributed by atoms with Crippen LogP contribution < -0.4 is 5.73 Å². The topological polar surface area (TPSA) is 60.0 Å². The first-order valence-corrected chi connectivity index (χ1v) is 5.42. The lowest BCUT2D eigenvalue weighted by atomic mass is 10.2. The summed E-state index contributed by atoms with van der Waals surface area (Å²) in [5.74, 6) is 1.54. The van der Waals surface area contributed by atoms with Crippen LogP contribution in [0, 0.1) is 5.92 Å². The molecule has 1 atom stereocenters. The molecule has 0 amide bonds. The van der Waals surface area contributed by atoms with Crippen LogP contribution in [0.25, 0.3) is 0 Å². The minimum absolute atomic E-state index is 0.521. The van der Waals surface area contributed by atoms with Crippen molar-refractivity contribution in [2.45, 2.75) is 26.9 Å². The number of nitrogens with two attached hydrogens (primary N) is 1. The van der Waals surface area contributed by atoms with Gasteiger partial charge in [-0.2, -0.15) is 5.10 Å². The van der Waals surface area contributed by atoms with Crippen LogP contribution in [0.1, 0.15) is 19.7 Å². The van der Waals surface area contributed by atoms with Crippen LogP contribution in [0.3, 0.4) is 0 Å². The predicted molar refractivity (Wildman–Crippen MR) is 60.2 cm³/mol. The molecule has 0 fully saturated rings. The standard InChI is InChI=1S/C10H21N5/c1-4-15-10(12-8-13-15)7-14(3)6-9(2)5-11/h8-9H,4-7,11H2,1-3H3. The van der Waals surface area contributed by atoms with Crippen molar-refractivity contribution in [2.75, 3.05) is 20.1 Å². The monoisotopic (exact) mass is 211 g/mol. The Morgan fingerprint density at radius 2 is 2.33 bits per heavy atom. The Hall–Kier alpha value is -0.940. The molecule has 0 bridgehead atoms. The second-order valence-corrected chi connectivity index (χ2v) is 4.03. The molecule has 0 aromatic carbocycles. The van der Waals surface area contributed by atoms with Crippen molar-refractivity contribution in [3.63, 3.8) is 0 Å². The Kier molecular flexibility index (Phi) is 4.71. The van der Waals surface area contributed by atoms with E-state index in [4.69, 9.17) is 5.73 Å². The first kappa shape index (κ1) is 12.1. The third kappa shape index (κ3) is 3.60. The van der Waals surface area contributed by atoms with E-state index < -0.39 is 0 Å². The summed E-state index contributed by atoms with van der Waals surface area (Å²) in [4.78, 5) is 6.47.